The van der Waals surface area contributed by atoms with Crippen molar-refractivity contribution in [3.05, 3.63) is 28.6 Å². The molecule has 1 aromatic carbocycles. The molecule has 0 bridgehead atoms. The summed E-state index contributed by atoms with van der Waals surface area (Å²) in [7, 11) is 0. The third-order valence-corrected chi connectivity index (χ3v) is 4.01. The first-order valence-electron chi connectivity index (χ1n) is 4.42. The van der Waals surface area contributed by atoms with Gasteiger partial charge in [-0.05, 0) is 24.5 Å². The maximum Gasteiger partial charge on any atom is 0.0388 e. The summed E-state index contributed by atoms with van der Waals surface area (Å²) >= 11 is 6.24. The van der Waals surface area contributed by atoms with Crippen LogP contribution in [0.4, 0.5) is 0 Å². The molecule has 13 heavy (non-hydrogen) atoms. The van der Waals surface area contributed by atoms with Gasteiger partial charge in [-0.2, -0.15) is 0 Å². The second-order valence-electron chi connectivity index (χ2n) is 3.21. The zero-order chi connectivity index (χ0) is 9.42. The van der Waals surface area contributed by atoms with Crippen LogP contribution < -0.4 is 0 Å². The van der Waals surface area contributed by atoms with E-state index in [0.717, 1.165) is 11.3 Å². The molecule has 1 heterocycles. The fourth-order valence-corrected chi connectivity index (χ4v) is 3.21. The van der Waals surface area contributed by atoms with Crippen molar-refractivity contribution in [1.29, 1.82) is 0 Å². The summed E-state index contributed by atoms with van der Waals surface area (Å²) in [5.41, 5.74) is 2.87. The van der Waals surface area contributed by atoms with Crippen LogP contribution in [0.2, 0.25) is 0 Å². The number of aryl methyl sites for hydroxylation is 2. The Labute approximate surface area is 88.0 Å². The Hall–Kier alpha value is -0.470. The monoisotopic (exact) mass is 208 g/mol. The van der Waals surface area contributed by atoms with Crippen molar-refractivity contribution in [3.8, 4) is 0 Å². The lowest BCUT2D eigenvalue weighted by molar-refractivity contribution is 1.13. The van der Waals surface area contributed by atoms with Crippen LogP contribution in [-0.2, 0) is 6.42 Å². The first-order chi connectivity index (χ1) is 6.24. The highest BCUT2D eigenvalue weighted by atomic mass is 32.1. The number of hydrogen-bond donors (Lipinski definition) is 1. The molecule has 0 radical (unpaired) electrons. The average Bonchev–Trinajstić information content (AvgIpc) is 2.48. The van der Waals surface area contributed by atoms with Crippen LogP contribution in [0.3, 0.4) is 0 Å². The summed E-state index contributed by atoms with van der Waals surface area (Å²) in [6.07, 6.45) is 1.11. The van der Waals surface area contributed by atoms with Crippen molar-refractivity contribution in [2.45, 2.75) is 25.2 Å². The van der Waals surface area contributed by atoms with Crippen molar-refractivity contribution in [2.24, 2.45) is 0 Å². The number of fused-ring (bicyclic) bond motifs is 1. The van der Waals surface area contributed by atoms with Crippen LogP contribution in [0.5, 0.6) is 0 Å². The first-order valence-corrected chi connectivity index (χ1v) is 5.75. The van der Waals surface area contributed by atoms with Crippen LogP contribution in [0.15, 0.2) is 22.4 Å². The molecule has 0 saturated heterocycles. The fourth-order valence-electron chi connectivity index (χ4n) is 1.68. The predicted molar refractivity (Wildman–Crippen MR) is 63.2 cm³/mol. The lowest BCUT2D eigenvalue weighted by Gasteiger charge is -2.03. The Bertz CT molecular complexity index is 441. The summed E-state index contributed by atoms with van der Waals surface area (Å²) in [6.45, 7) is 4.38. The van der Waals surface area contributed by atoms with Gasteiger partial charge in [0.15, 0.2) is 0 Å². The van der Waals surface area contributed by atoms with E-state index >= 15 is 0 Å². The van der Waals surface area contributed by atoms with Gasteiger partial charge in [0.1, 0.15) is 0 Å². The number of rotatable bonds is 1. The van der Waals surface area contributed by atoms with Gasteiger partial charge < -0.3 is 0 Å². The summed E-state index contributed by atoms with van der Waals surface area (Å²) in [4.78, 5) is 1.11. The zero-order valence-corrected chi connectivity index (χ0v) is 9.51. The maximum absolute atomic E-state index is 4.43. The summed E-state index contributed by atoms with van der Waals surface area (Å²) in [5.74, 6) is 0. The number of thiophene rings is 1. The van der Waals surface area contributed by atoms with E-state index in [4.69, 9.17) is 0 Å². The first kappa shape index (κ1) is 9.10. The zero-order valence-electron chi connectivity index (χ0n) is 7.79. The van der Waals surface area contributed by atoms with Gasteiger partial charge in [0, 0.05) is 20.4 Å². The van der Waals surface area contributed by atoms with E-state index in [1.807, 2.05) is 0 Å². The molecule has 0 unspecified atom stereocenters. The Kier molecular flexibility index (Phi) is 2.35. The third kappa shape index (κ3) is 1.38. The minimum atomic E-state index is 1.11. The van der Waals surface area contributed by atoms with E-state index in [0.29, 0.717) is 0 Å². The molecule has 0 atom stereocenters. The number of hydrogen-bond acceptors (Lipinski definition) is 2. The van der Waals surface area contributed by atoms with Crippen molar-refractivity contribution in [2.75, 3.05) is 0 Å². The molecule has 0 aliphatic carbocycles. The van der Waals surface area contributed by atoms with E-state index in [1.165, 1.54) is 21.2 Å². The number of benzene rings is 1. The van der Waals surface area contributed by atoms with E-state index < -0.39 is 0 Å². The summed E-state index contributed by atoms with van der Waals surface area (Å²) in [5, 5.41) is 3.42. The van der Waals surface area contributed by atoms with Crippen LogP contribution in [-0.4, -0.2) is 0 Å². The molecule has 0 amide bonds. The highest BCUT2D eigenvalue weighted by molar-refractivity contribution is 7.80. The lowest BCUT2D eigenvalue weighted by Crippen LogP contribution is -1.85. The SMILES string of the molecule is CCc1c(C)ccc2c(S)csc12. The normalized spacial score (nSPS) is 11.0. The second kappa shape index (κ2) is 3.35. The Morgan fingerprint density at radius 1 is 1.38 bits per heavy atom. The van der Waals surface area contributed by atoms with Gasteiger partial charge in [0.05, 0.1) is 0 Å². The molecular formula is C11H12S2. The van der Waals surface area contributed by atoms with Crippen molar-refractivity contribution in [3.63, 3.8) is 0 Å². The van der Waals surface area contributed by atoms with Crippen molar-refractivity contribution >= 4 is 34.1 Å². The van der Waals surface area contributed by atoms with Gasteiger partial charge in [-0.25, -0.2) is 0 Å². The van der Waals surface area contributed by atoms with E-state index in [2.05, 4.69) is 44.0 Å². The molecule has 68 valence electrons. The van der Waals surface area contributed by atoms with Crippen LogP contribution in [0, 0.1) is 6.92 Å². The smallest absolute Gasteiger partial charge is 0.0388 e. The van der Waals surface area contributed by atoms with Gasteiger partial charge in [0.2, 0.25) is 0 Å². The van der Waals surface area contributed by atoms with Crippen molar-refractivity contribution in [1.82, 2.24) is 0 Å². The molecule has 2 heteroatoms. The quantitative estimate of drug-likeness (QED) is 0.671. The topological polar surface area (TPSA) is 0 Å². The van der Waals surface area contributed by atoms with Gasteiger partial charge in [0.25, 0.3) is 0 Å². The molecule has 2 aromatic rings. The highest BCUT2D eigenvalue weighted by Gasteiger charge is 2.06. The molecule has 0 aliphatic rings. The second-order valence-corrected chi connectivity index (χ2v) is 4.57. The molecule has 0 aliphatic heterocycles. The molecule has 0 nitrogen and oxygen atoms in total. The van der Waals surface area contributed by atoms with Crippen LogP contribution in [0.1, 0.15) is 18.1 Å². The molecule has 1 aromatic heterocycles. The highest BCUT2D eigenvalue weighted by Crippen LogP contribution is 2.33. The maximum atomic E-state index is 4.43. The fraction of sp³-hybridized carbons (Fsp3) is 0.273. The van der Waals surface area contributed by atoms with E-state index in [1.54, 1.807) is 11.3 Å². The minimum absolute atomic E-state index is 1.11. The van der Waals surface area contributed by atoms with E-state index in [9.17, 15) is 0 Å². The lowest BCUT2D eigenvalue weighted by atomic mass is 10.0. The molecule has 0 fully saturated rings. The molecular weight excluding hydrogens is 196 g/mol. The Morgan fingerprint density at radius 2 is 2.15 bits per heavy atom. The Balaban J connectivity index is 2.85. The summed E-state index contributed by atoms with van der Waals surface area (Å²) < 4.78 is 1.41. The van der Waals surface area contributed by atoms with Gasteiger partial charge in [-0.15, -0.1) is 24.0 Å². The molecule has 0 saturated carbocycles. The molecule has 2 rings (SSSR count). The summed E-state index contributed by atoms with van der Waals surface area (Å²) in [6, 6.07) is 4.36. The minimum Gasteiger partial charge on any atom is -0.142 e. The molecule has 0 N–H and O–H groups in total. The van der Waals surface area contributed by atoms with Crippen molar-refractivity contribution < 1.29 is 0 Å². The Morgan fingerprint density at radius 3 is 2.85 bits per heavy atom. The standard InChI is InChI=1S/C11H12S2/c1-3-8-7(2)4-5-9-10(12)6-13-11(8)9/h4-6,12H,3H2,1-2H3. The van der Waals surface area contributed by atoms with Crippen LogP contribution in [0.25, 0.3) is 10.1 Å². The van der Waals surface area contributed by atoms with Crippen LogP contribution >= 0.6 is 24.0 Å². The van der Waals surface area contributed by atoms with E-state index in [-0.39, 0.29) is 0 Å². The van der Waals surface area contributed by atoms with Gasteiger partial charge in [-0.1, -0.05) is 19.1 Å². The predicted octanol–water partition coefficient (Wildman–Crippen LogP) is 4.06. The van der Waals surface area contributed by atoms with Gasteiger partial charge in [-0.3, -0.25) is 0 Å². The third-order valence-electron chi connectivity index (χ3n) is 2.41. The molecule has 0 spiro atoms. The van der Waals surface area contributed by atoms with Gasteiger partial charge >= 0.3 is 0 Å². The number of thiol groups is 1. The average molecular weight is 208 g/mol. The largest absolute Gasteiger partial charge is 0.142 e.